The van der Waals surface area contributed by atoms with E-state index in [1.807, 2.05) is 55.5 Å². The summed E-state index contributed by atoms with van der Waals surface area (Å²) in [5, 5.41) is 3.21. The normalized spacial score (nSPS) is 15.1. The lowest BCUT2D eigenvalue weighted by molar-refractivity contribution is -0.143. The number of carbonyl (C=O) groups is 2. The SMILES string of the molecule is CC[C@H](C(=O)NC1CCCCC1)N(Cc1ccc(OC)cc1)C(=O)COc1ccc(C(C)(C)C)cc1. The highest BCUT2D eigenvalue weighted by Gasteiger charge is 2.30. The molecule has 1 saturated carbocycles. The van der Waals surface area contributed by atoms with E-state index in [4.69, 9.17) is 9.47 Å². The molecule has 0 unspecified atom stereocenters. The van der Waals surface area contributed by atoms with Gasteiger partial charge in [-0.3, -0.25) is 9.59 Å². The molecule has 0 aromatic heterocycles. The summed E-state index contributed by atoms with van der Waals surface area (Å²) in [5.74, 6) is 1.10. The van der Waals surface area contributed by atoms with E-state index in [2.05, 4.69) is 26.1 Å². The molecule has 3 rings (SSSR count). The lowest BCUT2D eigenvalue weighted by atomic mass is 9.87. The van der Waals surface area contributed by atoms with Crippen LogP contribution in [0.3, 0.4) is 0 Å². The second-order valence-corrected chi connectivity index (χ2v) is 10.7. The molecule has 1 aliphatic carbocycles. The van der Waals surface area contributed by atoms with Crippen LogP contribution in [0.1, 0.15) is 77.3 Å². The van der Waals surface area contributed by atoms with Crippen LogP contribution in [-0.2, 0) is 21.5 Å². The maximum atomic E-state index is 13.5. The summed E-state index contributed by atoms with van der Waals surface area (Å²) >= 11 is 0. The van der Waals surface area contributed by atoms with Gasteiger partial charge in [0, 0.05) is 12.6 Å². The van der Waals surface area contributed by atoms with Crippen molar-refractivity contribution < 1.29 is 19.1 Å². The van der Waals surface area contributed by atoms with Gasteiger partial charge in [-0.05, 0) is 60.1 Å². The topological polar surface area (TPSA) is 67.9 Å². The van der Waals surface area contributed by atoms with E-state index >= 15 is 0 Å². The number of nitrogens with one attached hydrogen (secondary N) is 1. The molecule has 196 valence electrons. The first-order chi connectivity index (χ1) is 17.2. The molecule has 36 heavy (non-hydrogen) atoms. The Balaban J connectivity index is 1.74. The summed E-state index contributed by atoms with van der Waals surface area (Å²) in [6, 6.07) is 15.1. The summed E-state index contributed by atoms with van der Waals surface area (Å²) in [6.07, 6.45) is 6.03. The monoisotopic (exact) mass is 494 g/mol. The number of carbonyl (C=O) groups excluding carboxylic acids is 2. The molecule has 1 aliphatic rings. The Morgan fingerprint density at radius 2 is 1.58 bits per heavy atom. The van der Waals surface area contributed by atoms with Crippen LogP contribution in [-0.4, -0.2) is 42.5 Å². The fourth-order valence-corrected chi connectivity index (χ4v) is 4.67. The maximum Gasteiger partial charge on any atom is 0.261 e. The highest BCUT2D eigenvalue weighted by molar-refractivity contribution is 5.88. The molecule has 0 bridgehead atoms. The zero-order valence-electron chi connectivity index (χ0n) is 22.5. The largest absolute Gasteiger partial charge is 0.497 e. The summed E-state index contributed by atoms with van der Waals surface area (Å²) in [6.45, 7) is 8.63. The lowest BCUT2D eigenvalue weighted by Crippen LogP contribution is -2.52. The Hall–Kier alpha value is -3.02. The Bertz CT molecular complexity index is 974. The molecule has 0 radical (unpaired) electrons. The van der Waals surface area contributed by atoms with Gasteiger partial charge in [-0.25, -0.2) is 0 Å². The van der Waals surface area contributed by atoms with E-state index in [9.17, 15) is 9.59 Å². The van der Waals surface area contributed by atoms with E-state index < -0.39 is 6.04 Å². The number of amides is 2. The third-order valence-corrected chi connectivity index (χ3v) is 6.93. The van der Waals surface area contributed by atoms with E-state index in [-0.39, 0.29) is 29.9 Å². The van der Waals surface area contributed by atoms with E-state index in [0.29, 0.717) is 18.7 Å². The molecule has 1 N–H and O–H groups in total. The number of rotatable bonds is 10. The molecular formula is C30H42N2O4. The van der Waals surface area contributed by atoms with E-state index in [0.717, 1.165) is 37.0 Å². The van der Waals surface area contributed by atoms with Gasteiger partial charge in [0.05, 0.1) is 7.11 Å². The lowest BCUT2D eigenvalue weighted by Gasteiger charge is -2.32. The van der Waals surface area contributed by atoms with Crippen LogP contribution >= 0.6 is 0 Å². The van der Waals surface area contributed by atoms with Crippen molar-refractivity contribution in [2.24, 2.45) is 0 Å². The number of hydrogen-bond acceptors (Lipinski definition) is 4. The third kappa shape index (κ3) is 7.74. The molecule has 0 saturated heterocycles. The second-order valence-electron chi connectivity index (χ2n) is 10.7. The first kappa shape index (κ1) is 27.6. The van der Waals surface area contributed by atoms with Crippen molar-refractivity contribution in [3.05, 3.63) is 59.7 Å². The molecule has 0 spiro atoms. The van der Waals surface area contributed by atoms with Crippen LogP contribution in [0.5, 0.6) is 11.5 Å². The van der Waals surface area contributed by atoms with Gasteiger partial charge < -0.3 is 19.7 Å². The van der Waals surface area contributed by atoms with Gasteiger partial charge in [-0.15, -0.1) is 0 Å². The number of methoxy groups -OCH3 is 1. The molecule has 1 atom stereocenters. The number of benzene rings is 2. The molecule has 6 heteroatoms. The minimum absolute atomic E-state index is 0.0452. The van der Waals surface area contributed by atoms with Crippen molar-refractivity contribution in [2.45, 2.75) is 90.3 Å². The van der Waals surface area contributed by atoms with Crippen molar-refractivity contribution in [3.63, 3.8) is 0 Å². The third-order valence-electron chi connectivity index (χ3n) is 6.93. The molecular weight excluding hydrogens is 452 g/mol. The van der Waals surface area contributed by atoms with Crippen molar-refractivity contribution in [1.82, 2.24) is 10.2 Å². The smallest absolute Gasteiger partial charge is 0.261 e. The minimum Gasteiger partial charge on any atom is -0.497 e. The van der Waals surface area contributed by atoms with Gasteiger partial charge in [-0.2, -0.15) is 0 Å². The fraction of sp³-hybridized carbons (Fsp3) is 0.533. The first-order valence-electron chi connectivity index (χ1n) is 13.2. The molecule has 1 fully saturated rings. The Labute approximate surface area is 216 Å². The zero-order valence-corrected chi connectivity index (χ0v) is 22.5. The van der Waals surface area contributed by atoms with Crippen LogP contribution in [0.15, 0.2) is 48.5 Å². The number of nitrogens with zero attached hydrogens (tertiary/aromatic N) is 1. The predicted octanol–water partition coefficient (Wildman–Crippen LogP) is 5.63. The van der Waals surface area contributed by atoms with Crippen LogP contribution in [0.4, 0.5) is 0 Å². The van der Waals surface area contributed by atoms with E-state index in [1.165, 1.54) is 12.0 Å². The van der Waals surface area contributed by atoms with Crippen molar-refractivity contribution in [2.75, 3.05) is 13.7 Å². The Morgan fingerprint density at radius 3 is 2.14 bits per heavy atom. The summed E-state index contributed by atoms with van der Waals surface area (Å²) in [4.78, 5) is 28.4. The molecule has 2 aromatic carbocycles. The first-order valence-corrected chi connectivity index (χ1v) is 13.2. The van der Waals surface area contributed by atoms with Crippen molar-refractivity contribution >= 4 is 11.8 Å². The van der Waals surface area contributed by atoms with Crippen molar-refractivity contribution in [1.29, 1.82) is 0 Å². The average molecular weight is 495 g/mol. The predicted molar refractivity (Wildman–Crippen MR) is 143 cm³/mol. The van der Waals surface area contributed by atoms with Crippen LogP contribution < -0.4 is 14.8 Å². The van der Waals surface area contributed by atoms with Crippen LogP contribution in [0, 0.1) is 0 Å². The second kappa shape index (κ2) is 12.8. The average Bonchev–Trinajstić information content (AvgIpc) is 2.88. The highest BCUT2D eigenvalue weighted by Crippen LogP contribution is 2.25. The van der Waals surface area contributed by atoms with Gasteiger partial charge in [0.15, 0.2) is 6.61 Å². The standard InChI is InChI=1S/C30H42N2O4/c1-6-27(29(34)31-24-10-8-7-9-11-24)32(20-22-12-16-25(35-5)17-13-22)28(33)21-36-26-18-14-23(15-19-26)30(2,3)4/h12-19,24,27H,6-11,20-21H2,1-5H3,(H,31,34)/t27-/m1/s1. The quantitative estimate of drug-likeness (QED) is 0.465. The molecule has 6 nitrogen and oxygen atoms in total. The zero-order chi connectivity index (χ0) is 26.1. The summed E-state index contributed by atoms with van der Waals surface area (Å²) in [5.41, 5.74) is 2.18. The molecule has 0 aliphatic heterocycles. The summed E-state index contributed by atoms with van der Waals surface area (Å²) < 4.78 is 11.1. The van der Waals surface area contributed by atoms with E-state index in [1.54, 1.807) is 12.0 Å². The number of ether oxygens (including phenoxy) is 2. The minimum atomic E-state index is -0.562. The fourth-order valence-electron chi connectivity index (χ4n) is 4.67. The van der Waals surface area contributed by atoms with Gasteiger partial charge in [0.2, 0.25) is 5.91 Å². The summed E-state index contributed by atoms with van der Waals surface area (Å²) in [7, 11) is 1.62. The Morgan fingerprint density at radius 1 is 0.972 bits per heavy atom. The van der Waals surface area contributed by atoms with Crippen molar-refractivity contribution in [3.8, 4) is 11.5 Å². The molecule has 2 aromatic rings. The maximum absolute atomic E-state index is 13.5. The number of hydrogen-bond donors (Lipinski definition) is 1. The van der Waals surface area contributed by atoms with Gasteiger partial charge in [0.1, 0.15) is 17.5 Å². The van der Waals surface area contributed by atoms with Gasteiger partial charge in [-0.1, -0.05) is 71.2 Å². The van der Waals surface area contributed by atoms with Gasteiger partial charge in [0.25, 0.3) is 5.91 Å². The molecule has 2 amide bonds. The van der Waals surface area contributed by atoms with Crippen LogP contribution in [0.2, 0.25) is 0 Å². The van der Waals surface area contributed by atoms with Crippen LogP contribution in [0.25, 0.3) is 0 Å². The van der Waals surface area contributed by atoms with Gasteiger partial charge >= 0.3 is 0 Å². The Kier molecular flexibility index (Phi) is 9.80. The molecule has 0 heterocycles. The highest BCUT2D eigenvalue weighted by atomic mass is 16.5.